The molecule has 0 radical (unpaired) electrons. The minimum Gasteiger partial charge on any atom is -0.465 e. The van der Waals surface area contributed by atoms with Gasteiger partial charge in [0.1, 0.15) is 24.3 Å². The second kappa shape index (κ2) is 21.5. The molecule has 2 N–H and O–H groups in total. The molecule has 15 nitrogen and oxygen atoms in total. The number of carbonyl (C=O) groups excluding carboxylic acids is 4. The van der Waals surface area contributed by atoms with E-state index in [9.17, 15) is 28.8 Å². The fourth-order valence-electron chi connectivity index (χ4n) is 5.72. The highest BCUT2D eigenvalue weighted by Crippen LogP contribution is 2.22. The second-order valence-corrected chi connectivity index (χ2v) is 12.6. The summed E-state index contributed by atoms with van der Waals surface area (Å²) in [7, 11) is 2.45. The van der Waals surface area contributed by atoms with Crippen molar-refractivity contribution in [1.29, 1.82) is 0 Å². The van der Waals surface area contributed by atoms with Crippen molar-refractivity contribution in [2.45, 2.75) is 51.0 Å². The lowest BCUT2D eigenvalue weighted by Crippen LogP contribution is -2.43. The Morgan fingerprint density at radius 3 is 1.62 bits per heavy atom. The predicted octanol–water partition coefficient (Wildman–Crippen LogP) is 4.78. The van der Waals surface area contributed by atoms with Crippen LogP contribution in [0.4, 0.5) is 9.59 Å². The number of amides is 2. The zero-order valence-corrected chi connectivity index (χ0v) is 30.9. The van der Waals surface area contributed by atoms with Gasteiger partial charge in [0.05, 0.1) is 20.5 Å². The van der Waals surface area contributed by atoms with E-state index in [4.69, 9.17) is 15.2 Å². The summed E-state index contributed by atoms with van der Waals surface area (Å²) in [5.41, 5.74) is 6.61. The van der Waals surface area contributed by atoms with Gasteiger partial charge in [-0.15, -0.1) is 0 Å². The van der Waals surface area contributed by atoms with Gasteiger partial charge in [-0.3, -0.25) is 4.79 Å². The van der Waals surface area contributed by atoms with E-state index < -0.39 is 17.6 Å². The number of methoxy groups -OCH3 is 2. The number of aromatic nitrogens is 1. The molecule has 2 aliphatic heterocycles. The molecule has 2 saturated heterocycles. The van der Waals surface area contributed by atoms with Crippen LogP contribution in [-0.2, 0) is 32.2 Å². The van der Waals surface area contributed by atoms with Gasteiger partial charge in [0.2, 0.25) is 0 Å². The molecular weight excluding hydrogens is 712 g/mol. The molecule has 55 heavy (non-hydrogen) atoms. The number of nitrogens with two attached hydrogens (primary N) is 1. The number of likely N-dealkylation sites (tertiary alicyclic amines) is 2. The van der Waals surface area contributed by atoms with E-state index in [1.54, 1.807) is 26.6 Å². The standard InChI is InChI=1S/C20H22N2O5.C13H18N2O2.C7H6O4/c1-26-19(24)17-8-5-11-22(18(17)23)16-9-12-21(13-10-16)20(25)27-14-15-6-3-2-4-7-15;14-12-6-8-15(9-7-12)13(16)17-10-11-4-2-1-3-5-11;1-10-6(8)5-3-2-4-11-7(5)9/h2-8,11,16H,9-10,12-14H2,1H3;1-5,12H,6-10,14H2;2-4H,1H3. The molecule has 0 spiro atoms. The molecule has 2 amide bonds. The van der Waals surface area contributed by atoms with E-state index in [-0.39, 0.29) is 47.6 Å². The zero-order valence-electron chi connectivity index (χ0n) is 30.9. The van der Waals surface area contributed by atoms with Crippen LogP contribution in [0.5, 0.6) is 0 Å². The number of carbonyl (C=O) groups is 4. The number of benzene rings is 2. The molecule has 2 aliphatic rings. The monoisotopic (exact) mass is 758 g/mol. The summed E-state index contributed by atoms with van der Waals surface area (Å²) in [6, 6.07) is 25.3. The molecule has 0 bridgehead atoms. The lowest BCUT2D eigenvalue weighted by Gasteiger charge is -2.32. The van der Waals surface area contributed by atoms with Gasteiger partial charge in [-0.2, -0.15) is 0 Å². The molecule has 0 aliphatic carbocycles. The maximum atomic E-state index is 12.5. The molecule has 2 fully saturated rings. The van der Waals surface area contributed by atoms with Gasteiger partial charge in [-0.05, 0) is 61.1 Å². The van der Waals surface area contributed by atoms with Crippen LogP contribution >= 0.6 is 0 Å². The van der Waals surface area contributed by atoms with Crippen molar-refractivity contribution in [2.75, 3.05) is 40.4 Å². The van der Waals surface area contributed by atoms with Crippen LogP contribution in [-0.4, -0.2) is 84.9 Å². The molecule has 0 saturated carbocycles. The van der Waals surface area contributed by atoms with E-state index in [1.165, 1.54) is 38.7 Å². The number of rotatable bonds is 7. The highest BCUT2D eigenvalue weighted by molar-refractivity contribution is 5.89. The molecule has 292 valence electrons. The van der Waals surface area contributed by atoms with Gasteiger partial charge < -0.3 is 43.5 Å². The zero-order chi connectivity index (χ0) is 39.6. The van der Waals surface area contributed by atoms with E-state index >= 15 is 0 Å². The summed E-state index contributed by atoms with van der Waals surface area (Å²) >= 11 is 0. The van der Waals surface area contributed by atoms with Crippen LogP contribution in [0, 0.1) is 0 Å². The summed E-state index contributed by atoms with van der Waals surface area (Å²) < 4.78 is 25.6. The molecule has 15 heteroatoms. The topological polar surface area (TPSA) is 190 Å². The van der Waals surface area contributed by atoms with Gasteiger partial charge in [0, 0.05) is 44.5 Å². The number of ether oxygens (including phenoxy) is 4. The maximum absolute atomic E-state index is 12.5. The Balaban J connectivity index is 0.000000204. The first-order chi connectivity index (χ1) is 26.6. The SMILES string of the molecule is COC(=O)c1cccn(C2CCN(C(=O)OCc3ccccc3)CC2)c1=O.COC(=O)c1cccoc1=O.NC1CCN(C(=O)OCc2ccccc2)CC1. The van der Waals surface area contributed by atoms with Crippen molar-refractivity contribution in [1.82, 2.24) is 14.4 Å². The second-order valence-electron chi connectivity index (χ2n) is 12.6. The average molecular weight is 759 g/mol. The first-order valence-electron chi connectivity index (χ1n) is 17.7. The number of piperidine rings is 2. The number of hydrogen-bond acceptors (Lipinski definition) is 12. The lowest BCUT2D eigenvalue weighted by molar-refractivity contribution is 0.0587. The van der Waals surface area contributed by atoms with Crippen LogP contribution in [0.15, 0.2) is 111 Å². The molecule has 0 unspecified atom stereocenters. The van der Waals surface area contributed by atoms with Gasteiger partial charge in [-0.1, -0.05) is 60.7 Å². The summed E-state index contributed by atoms with van der Waals surface area (Å²) in [4.78, 5) is 73.1. The van der Waals surface area contributed by atoms with Crippen LogP contribution in [0.1, 0.15) is 63.6 Å². The summed E-state index contributed by atoms with van der Waals surface area (Å²) in [5.74, 6) is -1.32. The van der Waals surface area contributed by atoms with Crippen LogP contribution in [0.2, 0.25) is 0 Å². The van der Waals surface area contributed by atoms with Crippen LogP contribution in [0.25, 0.3) is 0 Å². The smallest absolute Gasteiger partial charge is 0.410 e. The van der Waals surface area contributed by atoms with Crippen molar-refractivity contribution in [3.8, 4) is 0 Å². The Labute approximate surface area is 318 Å². The quantitative estimate of drug-likeness (QED) is 0.201. The van der Waals surface area contributed by atoms with Crippen LogP contribution < -0.4 is 16.9 Å². The minimum atomic E-state index is -0.681. The van der Waals surface area contributed by atoms with Crippen LogP contribution in [0.3, 0.4) is 0 Å². The number of hydrogen-bond donors (Lipinski definition) is 1. The van der Waals surface area contributed by atoms with Gasteiger partial charge in [0.15, 0.2) is 0 Å². The predicted molar refractivity (Wildman–Crippen MR) is 200 cm³/mol. The first-order valence-corrected chi connectivity index (χ1v) is 17.7. The molecule has 0 atom stereocenters. The highest BCUT2D eigenvalue weighted by Gasteiger charge is 2.26. The normalized spacial score (nSPS) is 14.2. The van der Waals surface area contributed by atoms with Crippen molar-refractivity contribution in [3.63, 3.8) is 0 Å². The van der Waals surface area contributed by atoms with E-state index in [0.29, 0.717) is 45.6 Å². The van der Waals surface area contributed by atoms with E-state index in [0.717, 1.165) is 24.0 Å². The summed E-state index contributed by atoms with van der Waals surface area (Å²) in [6.45, 7) is 2.96. The lowest BCUT2D eigenvalue weighted by atomic mass is 10.0. The van der Waals surface area contributed by atoms with Crippen molar-refractivity contribution in [3.05, 3.63) is 140 Å². The summed E-state index contributed by atoms with van der Waals surface area (Å²) in [6.07, 6.45) is 5.24. The Hall–Kier alpha value is -6.22. The number of pyridine rings is 1. The van der Waals surface area contributed by atoms with Crippen molar-refractivity contribution in [2.24, 2.45) is 5.73 Å². The Morgan fingerprint density at radius 1 is 0.655 bits per heavy atom. The van der Waals surface area contributed by atoms with Crippen molar-refractivity contribution < 1.29 is 42.5 Å². The third-order valence-corrected chi connectivity index (χ3v) is 8.85. The highest BCUT2D eigenvalue weighted by atomic mass is 16.6. The third-order valence-electron chi connectivity index (χ3n) is 8.85. The van der Waals surface area contributed by atoms with Gasteiger partial charge in [-0.25, -0.2) is 24.0 Å². The molecule has 4 aromatic rings. The molecule has 4 heterocycles. The molecule has 2 aromatic heterocycles. The fraction of sp³-hybridized carbons (Fsp3) is 0.350. The number of esters is 2. The van der Waals surface area contributed by atoms with Gasteiger partial charge in [0.25, 0.3) is 5.56 Å². The Kier molecular flexibility index (Phi) is 16.2. The Bertz CT molecular complexity index is 1950. The molecular formula is C40H46N4O11. The largest absolute Gasteiger partial charge is 0.465 e. The Morgan fingerprint density at radius 2 is 1.13 bits per heavy atom. The number of nitrogens with zero attached hydrogens (tertiary/aromatic N) is 3. The summed E-state index contributed by atoms with van der Waals surface area (Å²) in [5, 5.41) is 0. The first kappa shape index (κ1) is 41.5. The van der Waals surface area contributed by atoms with E-state index in [1.807, 2.05) is 60.7 Å². The van der Waals surface area contributed by atoms with Gasteiger partial charge >= 0.3 is 29.8 Å². The maximum Gasteiger partial charge on any atom is 0.410 e. The minimum absolute atomic E-state index is 0.0182. The average Bonchev–Trinajstić information content (AvgIpc) is 3.23. The molecule has 2 aromatic carbocycles. The van der Waals surface area contributed by atoms with E-state index in [2.05, 4.69) is 13.9 Å². The fourth-order valence-corrected chi connectivity index (χ4v) is 5.72. The molecule has 6 rings (SSSR count). The van der Waals surface area contributed by atoms with Crippen molar-refractivity contribution >= 4 is 24.1 Å². The third kappa shape index (κ3) is 12.7.